The highest BCUT2D eigenvalue weighted by Crippen LogP contribution is 2.44. The van der Waals surface area contributed by atoms with Crippen molar-refractivity contribution in [3.8, 4) is 0 Å². The maximum absolute atomic E-state index is 7.02. The first-order valence-corrected chi connectivity index (χ1v) is 22.2. The molecule has 2 aliphatic rings. The second kappa shape index (κ2) is 30.2. The van der Waals surface area contributed by atoms with Crippen LogP contribution in [0.3, 0.4) is 0 Å². The molecule has 4 heteroatoms. The fourth-order valence-electron chi connectivity index (χ4n) is 8.16. The van der Waals surface area contributed by atoms with Crippen molar-refractivity contribution in [1.29, 1.82) is 0 Å². The van der Waals surface area contributed by atoms with Crippen molar-refractivity contribution < 1.29 is 9.47 Å². The van der Waals surface area contributed by atoms with Crippen molar-refractivity contribution in [2.75, 3.05) is 28.2 Å². The van der Waals surface area contributed by atoms with E-state index >= 15 is 0 Å². The van der Waals surface area contributed by atoms with E-state index in [2.05, 4.69) is 100 Å². The van der Waals surface area contributed by atoms with Crippen molar-refractivity contribution in [1.82, 2.24) is 9.80 Å². The van der Waals surface area contributed by atoms with Gasteiger partial charge in [0, 0.05) is 24.9 Å². The monoisotopic (exact) mass is 711 g/mol. The third-order valence-corrected chi connectivity index (χ3v) is 11.4. The largest absolute Gasteiger partial charge is 0.344 e. The quantitative estimate of drug-likeness (QED) is 0.0512. The van der Waals surface area contributed by atoms with E-state index in [1.54, 1.807) is 0 Å². The predicted molar refractivity (Wildman–Crippen MR) is 225 cm³/mol. The second-order valence-electron chi connectivity index (χ2n) is 16.4. The zero-order valence-electron chi connectivity index (χ0n) is 34.9. The van der Waals surface area contributed by atoms with Gasteiger partial charge in [0.15, 0.2) is 5.79 Å². The van der Waals surface area contributed by atoms with Crippen LogP contribution in [0.4, 0.5) is 0 Å². The van der Waals surface area contributed by atoms with E-state index in [1.165, 1.54) is 141 Å². The lowest BCUT2D eigenvalue weighted by atomic mass is 9.85. The molecular formula is C47H86N2O2. The van der Waals surface area contributed by atoms with E-state index < -0.39 is 0 Å². The summed E-state index contributed by atoms with van der Waals surface area (Å²) in [6.45, 7) is 4.54. The van der Waals surface area contributed by atoms with E-state index in [-0.39, 0.29) is 18.0 Å². The molecule has 1 aliphatic carbocycles. The van der Waals surface area contributed by atoms with Crippen molar-refractivity contribution in [3.05, 3.63) is 48.6 Å². The summed E-state index contributed by atoms with van der Waals surface area (Å²) in [5.41, 5.74) is 0. The van der Waals surface area contributed by atoms with Crippen LogP contribution in [0.5, 0.6) is 0 Å². The minimum absolute atomic E-state index is 0.239. The number of hydrogen-bond donors (Lipinski definition) is 0. The molecule has 0 N–H and O–H groups in total. The van der Waals surface area contributed by atoms with Gasteiger partial charge in [0.2, 0.25) is 0 Å². The molecule has 4 nitrogen and oxygen atoms in total. The Morgan fingerprint density at radius 3 is 1.08 bits per heavy atom. The maximum Gasteiger partial charge on any atom is 0.169 e. The van der Waals surface area contributed by atoms with E-state index in [9.17, 15) is 0 Å². The molecule has 0 aromatic carbocycles. The van der Waals surface area contributed by atoms with Gasteiger partial charge in [0.1, 0.15) is 0 Å². The van der Waals surface area contributed by atoms with Gasteiger partial charge < -0.3 is 19.3 Å². The normalized spacial score (nSPS) is 22.3. The van der Waals surface area contributed by atoms with Gasteiger partial charge in [0.05, 0.1) is 12.2 Å². The molecule has 0 aromatic heterocycles. The molecule has 296 valence electrons. The average molecular weight is 711 g/mol. The number of ether oxygens (including phenoxy) is 2. The Labute approximate surface area is 319 Å². The van der Waals surface area contributed by atoms with Crippen molar-refractivity contribution in [2.24, 2.45) is 0 Å². The lowest BCUT2D eigenvalue weighted by Gasteiger charge is -2.43. The first-order valence-electron chi connectivity index (χ1n) is 22.2. The standard InChI is InChI=1S/C47H86N2O2/c1-7-9-11-13-15-17-19-21-23-25-27-29-31-33-35-37-39-47(50-45-41-43(48(3)4)44(49(5)6)42-46(45)51-47)40-38-36-34-32-30-28-26-24-22-20-18-16-14-12-10-8-2/h15-18,21-24,43-46H,7-14,19-20,25-42H2,1-6H3/b17-15-,18-16-,23-21-,24-22-/t43-,44+,45+,46-. The Balaban J connectivity index is 1.68. The Hall–Kier alpha value is -1.20. The van der Waals surface area contributed by atoms with E-state index in [0.29, 0.717) is 12.1 Å². The smallest absolute Gasteiger partial charge is 0.169 e. The summed E-state index contributed by atoms with van der Waals surface area (Å²) in [6, 6.07) is 1.04. The number of unbranched alkanes of at least 4 members (excludes halogenated alkanes) is 18. The lowest BCUT2D eigenvalue weighted by molar-refractivity contribution is -0.186. The molecule has 2 fully saturated rings. The number of hydrogen-bond acceptors (Lipinski definition) is 4. The number of rotatable bonds is 32. The Morgan fingerprint density at radius 1 is 0.431 bits per heavy atom. The van der Waals surface area contributed by atoms with Crippen LogP contribution >= 0.6 is 0 Å². The first kappa shape index (κ1) is 46.0. The third kappa shape index (κ3) is 21.3. The molecule has 0 bridgehead atoms. The van der Waals surface area contributed by atoms with Crippen LogP contribution in [0.1, 0.15) is 194 Å². The molecule has 51 heavy (non-hydrogen) atoms. The highest BCUT2D eigenvalue weighted by molar-refractivity contribution is 5.00. The van der Waals surface area contributed by atoms with Crippen LogP contribution in [0.25, 0.3) is 0 Å². The summed E-state index contributed by atoms with van der Waals surface area (Å²) < 4.78 is 14.0. The summed E-state index contributed by atoms with van der Waals surface area (Å²) in [4.78, 5) is 4.82. The van der Waals surface area contributed by atoms with Gasteiger partial charge in [-0.2, -0.15) is 0 Å². The molecule has 0 radical (unpaired) electrons. The lowest BCUT2D eigenvalue weighted by Crippen LogP contribution is -2.55. The summed E-state index contributed by atoms with van der Waals surface area (Å²) in [6.07, 6.45) is 54.6. The van der Waals surface area contributed by atoms with Gasteiger partial charge in [-0.3, -0.25) is 0 Å². The molecule has 0 aromatic rings. The van der Waals surface area contributed by atoms with E-state index in [0.717, 1.165) is 38.5 Å². The van der Waals surface area contributed by atoms with Gasteiger partial charge in [-0.1, -0.05) is 140 Å². The maximum atomic E-state index is 7.02. The molecule has 1 saturated heterocycles. The fraction of sp³-hybridized carbons (Fsp3) is 0.830. The Kier molecular flexibility index (Phi) is 27.2. The molecule has 0 amide bonds. The van der Waals surface area contributed by atoms with Gasteiger partial charge in [0.25, 0.3) is 0 Å². The van der Waals surface area contributed by atoms with Crippen molar-refractivity contribution in [3.63, 3.8) is 0 Å². The van der Waals surface area contributed by atoms with Crippen LogP contribution in [0.2, 0.25) is 0 Å². The van der Waals surface area contributed by atoms with Crippen LogP contribution in [-0.4, -0.2) is 68.1 Å². The third-order valence-electron chi connectivity index (χ3n) is 11.4. The highest BCUT2D eigenvalue weighted by atomic mass is 16.8. The topological polar surface area (TPSA) is 24.9 Å². The second-order valence-corrected chi connectivity index (χ2v) is 16.4. The van der Waals surface area contributed by atoms with Gasteiger partial charge in [-0.15, -0.1) is 0 Å². The first-order chi connectivity index (χ1) is 24.9. The van der Waals surface area contributed by atoms with Gasteiger partial charge >= 0.3 is 0 Å². The molecule has 0 unspecified atom stereocenters. The van der Waals surface area contributed by atoms with Crippen LogP contribution in [-0.2, 0) is 9.47 Å². The highest BCUT2D eigenvalue weighted by Gasteiger charge is 2.51. The molecule has 0 spiro atoms. The molecule has 1 heterocycles. The average Bonchev–Trinajstić information content (AvgIpc) is 3.48. The number of fused-ring (bicyclic) bond motifs is 1. The SMILES string of the molecule is CCCCC/C=C\C/C=C\CCCCCCCCC1(CCCCCCCC/C=C\C/C=C\CCCCC)O[C@H]2C[C@@H](N(C)C)[C@@H](N(C)C)C[C@H]2O1. The van der Waals surface area contributed by atoms with Crippen LogP contribution in [0, 0.1) is 0 Å². The number of allylic oxidation sites excluding steroid dienone is 8. The zero-order valence-corrected chi connectivity index (χ0v) is 34.9. The molecule has 2 rings (SSSR count). The minimum Gasteiger partial charge on any atom is -0.344 e. The Morgan fingerprint density at radius 2 is 0.745 bits per heavy atom. The summed E-state index contributed by atoms with van der Waals surface area (Å²) in [5.74, 6) is -0.363. The van der Waals surface area contributed by atoms with Crippen molar-refractivity contribution in [2.45, 2.75) is 224 Å². The van der Waals surface area contributed by atoms with E-state index in [1.807, 2.05) is 0 Å². The zero-order chi connectivity index (χ0) is 36.8. The number of likely N-dealkylation sites (N-methyl/N-ethyl adjacent to an activating group) is 2. The minimum atomic E-state index is -0.363. The van der Waals surface area contributed by atoms with Crippen molar-refractivity contribution >= 4 is 0 Å². The van der Waals surface area contributed by atoms with Gasteiger partial charge in [-0.25, -0.2) is 0 Å². The summed E-state index contributed by atoms with van der Waals surface area (Å²) in [7, 11) is 8.94. The molecule has 4 atom stereocenters. The van der Waals surface area contributed by atoms with Gasteiger partial charge in [-0.05, 0) is 118 Å². The van der Waals surface area contributed by atoms with Crippen LogP contribution in [0.15, 0.2) is 48.6 Å². The fourth-order valence-corrected chi connectivity index (χ4v) is 8.16. The summed E-state index contributed by atoms with van der Waals surface area (Å²) >= 11 is 0. The number of nitrogens with zero attached hydrogens (tertiary/aromatic N) is 2. The molecule has 1 saturated carbocycles. The van der Waals surface area contributed by atoms with Crippen LogP contribution < -0.4 is 0 Å². The molecular weight excluding hydrogens is 625 g/mol. The predicted octanol–water partition coefficient (Wildman–Crippen LogP) is 13.5. The summed E-state index contributed by atoms with van der Waals surface area (Å²) in [5, 5.41) is 0. The Bertz CT molecular complexity index is 847. The molecule has 1 aliphatic heterocycles. The van der Waals surface area contributed by atoms with E-state index in [4.69, 9.17) is 9.47 Å².